The summed E-state index contributed by atoms with van der Waals surface area (Å²) >= 11 is 0. The van der Waals surface area contributed by atoms with Crippen LogP contribution in [-0.4, -0.2) is 49.3 Å². The van der Waals surface area contributed by atoms with Crippen LogP contribution in [0.3, 0.4) is 0 Å². The van der Waals surface area contributed by atoms with E-state index in [9.17, 15) is 0 Å². The fourth-order valence-electron chi connectivity index (χ4n) is 4.83. The molecule has 0 atom stereocenters. The number of hydrogen-bond donors (Lipinski definition) is 1. The second-order valence-corrected chi connectivity index (χ2v) is 7.39. The first-order chi connectivity index (χ1) is 9.79. The van der Waals surface area contributed by atoms with Gasteiger partial charge in [-0.25, -0.2) is 0 Å². The first-order valence-corrected chi connectivity index (χ1v) is 8.78. The molecule has 2 spiro atoms. The molecule has 3 rings (SSSR count). The first-order valence-electron chi connectivity index (χ1n) is 8.78. The highest BCUT2D eigenvalue weighted by molar-refractivity contribution is 5.08. The smallest absolute Gasteiger partial charge is 0.0462 e. The molecule has 3 nitrogen and oxygen atoms in total. The van der Waals surface area contributed by atoms with E-state index in [1.807, 2.05) is 7.11 Å². The second kappa shape index (κ2) is 6.33. The number of rotatable bonds is 5. The maximum Gasteiger partial charge on any atom is 0.0462 e. The molecule has 2 saturated carbocycles. The summed E-state index contributed by atoms with van der Waals surface area (Å²) in [6.45, 7) is 4.76. The lowest BCUT2D eigenvalue weighted by atomic mass is 9.84. The van der Waals surface area contributed by atoms with Crippen molar-refractivity contribution in [2.75, 3.05) is 33.4 Å². The van der Waals surface area contributed by atoms with E-state index in [2.05, 4.69) is 10.2 Å². The van der Waals surface area contributed by atoms with Gasteiger partial charge in [0.2, 0.25) is 0 Å². The predicted molar refractivity (Wildman–Crippen MR) is 83.1 cm³/mol. The van der Waals surface area contributed by atoms with Gasteiger partial charge in [0.25, 0.3) is 0 Å². The van der Waals surface area contributed by atoms with Gasteiger partial charge >= 0.3 is 0 Å². The van der Waals surface area contributed by atoms with Gasteiger partial charge in [-0.15, -0.1) is 0 Å². The van der Waals surface area contributed by atoms with Crippen molar-refractivity contribution in [3.63, 3.8) is 0 Å². The van der Waals surface area contributed by atoms with E-state index in [-0.39, 0.29) is 0 Å². The summed E-state index contributed by atoms with van der Waals surface area (Å²) in [7, 11) is 1.82. The summed E-state index contributed by atoms with van der Waals surface area (Å²) in [6.07, 6.45) is 13.9. The number of nitrogens with one attached hydrogen (secondary N) is 1. The standard InChI is InChI=1S/C17H32N2O/c1-20-13-7-6-12-19-15-16(8-2-3-9-16)18-14-17(19)10-4-5-11-17/h18H,2-15H2,1H3. The number of nitrogens with zero attached hydrogens (tertiary/aromatic N) is 1. The topological polar surface area (TPSA) is 24.5 Å². The molecule has 116 valence electrons. The van der Waals surface area contributed by atoms with E-state index in [1.165, 1.54) is 83.8 Å². The van der Waals surface area contributed by atoms with Crippen LogP contribution in [0.15, 0.2) is 0 Å². The van der Waals surface area contributed by atoms with Gasteiger partial charge in [0, 0.05) is 37.9 Å². The summed E-state index contributed by atoms with van der Waals surface area (Å²) in [4.78, 5) is 2.89. The lowest BCUT2D eigenvalue weighted by molar-refractivity contribution is 0.00707. The maximum atomic E-state index is 5.21. The van der Waals surface area contributed by atoms with Crippen molar-refractivity contribution in [1.29, 1.82) is 0 Å². The molecule has 1 saturated heterocycles. The zero-order valence-electron chi connectivity index (χ0n) is 13.3. The van der Waals surface area contributed by atoms with Crippen LogP contribution < -0.4 is 5.32 Å². The zero-order chi connectivity index (χ0) is 13.9. The Kier molecular flexibility index (Phi) is 4.68. The Labute approximate surface area is 124 Å². The predicted octanol–water partition coefficient (Wildman–Crippen LogP) is 2.94. The third-order valence-electron chi connectivity index (χ3n) is 6.08. The van der Waals surface area contributed by atoms with Crippen LogP contribution in [0.4, 0.5) is 0 Å². The molecule has 0 radical (unpaired) electrons. The van der Waals surface area contributed by atoms with Crippen molar-refractivity contribution < 1.29 is 4.74 Å². The fourth-order valence-corrected chi connectivity index (χ4v) is 4.83. The molecule has 0 aromatic rings. The van der Waals surface area contributed by atoms with E-state index < -0.39 is 0 Å². The van der Waals surface area contributed by atoms with Crippen LogP contribution in [0.1, 0.15) is 64.2 Å². The molecule has 0 bridgehead atoms. The van der Waals surface area contributed by atoms with Gasteiger partial charge in [0.15, 0.2) is 0 Å². The average Bonchev–Trinajstić information content (AvgIpc) is 3.10. The van der Waals surface area contributed by atoms with E-state index >= 15 is 0 Å². The largest absolute Gasteiger partial charge is 0.385 e. The molecule has 1 N–H and O–H groups in total. The average molecular weight is 280 g/mol. The first kappa shape index (κ1) is 14.8. The number of unbranched alkanes of at least 4 members (excludes halogenated alkanes) is 1. The van der Waals surface area contributed by atoms with Gasteiger partial charge in [-0.1, -0.05) is 25.7 Å². The third-order valence-corrected chi connectivity index (χ3v) is 6.08. The van der Waals surface area contributed by atoms with Crippen molar-refractivity contribution in [2.45, 2.75) is 75.3 Å². The monoisotopic (exact) mass is 280 g/mol. The van der Waals surface area contributed by atoms with Crippen molar-refractivity contribution >= 4 is 0 Å². The van der Waals surface area contributed by atoms with Gasteiger partial charge in [0.1, 0.15) is 0 Å². The van der Waals surface area contributed by atoms with Crippen molar-refractivity contribution in [3.8, 4) is 0 Å². The minimum absolute atomic E-state index is 0.467. The molecule has 3 aliphatic rings. The minimum Gasteiger partial charge on any atom is -0.385 e. The second-order valence-electron chi connectivity index (χ2n) is 7.39. The lowest BCUT2D eigenvalue weighted by Gasteiger charge is -2.53. The number of ether oxygens (including phenoxy) is 1. The van der Waals surface area contributed by atoms with Crippen LogP contribution >= 0.6 is 0 Å². The number of piperazine rings is 1. The summed E-state index contributed by atoms with van der Waals surface area (Å²) < 4.78 is 5.21. The minimum atomic E-state index is 0.467. The summed E-state index contributed by atoms with van der Waals surface area (Å²) in [5.41, 5.74) is 0.968. The Morgan fingerprint density at radius 3 is 2.40 bits per heavy atom. The van der Waals surface area contributed by atoms with Crippen LogP contribution in [0.25, 0.3) is 0 Å². The SMILES string of the molecule is COCCCCN1CC2(CCCC2)NCC12CCCC2. The quantitative estimate of drug-likeness (QED) is 0.784. The highest BCUT2D eigenvalue weighted by Crippen LogP contribution is 2.42. The van der Waals surface area contributed by atoms with Crippen molar-refractivity contribution in [3.05, 3.63) is 0 Å². The van der Waals surface area contributed by atoms with Crippen LogP contribution in [0, 0.1) is 0 Å². The maximum absolute atomic E-state index is 5.21. The highest BCUT2D eigenvalue weighted by atomic mass is 16.5. The van der Waals surface area contributed by atoms with E-state index in [4.69, 9.17) is 4.74 Å². The molecule has 0 aromatic heterocycles. The summed E-state index contributed by atoms with van der Waals surface area (Å²) in [5, 5.41) is 3.99. The number of hydrogen-bond acceptors (Lipinski definition) is 3. The molecule has 1 aliphatic heterocycles. The van der Waals surface area contributed by atoms with Crippen LogP contribution in [0.5, 0.6) is 0 Å². The fraction of sp³-hybridized carbons (Fsp3) is 1.00. The van der Waals surface area contributed by atoms with Gasteiger partial charge in [-0.05, 0) is 45.1 Å². The highest BCUT2D eigenvalue weighted by Gasteiger charge is 2.48. The van der Waals surface area contributed by atoms with E-state index in [0.717, 1.165) is 6.61 Å². The number of methoxy groups -OCH3 is 1. The normalized spacial score (nSPS) is 28.6. The van der Waals surface area contributed by atoms with E-state index in [1.54, 1.807) is 0 Å². The summed E-state index contributed by atoms with van der Waals surface area (Å²) in [5.74, 6) is 0. The summed E-state index contributed by atoms with van der Waals surface area (Å²) in [6, 6.07) is 0. The van der Waals surface area contributed by atoms with Gasteiger partial charge in [-0.2, -0.15) is 0 Å². The van der Waals surface area contributed by atoms with Gasteiger partial charge in [-0.3, -0.25) is 4.90 Å². The molecule has 0 amide bonds. The van der Waals surface area contributed by atoms with Gasteiger partial charge in [0.05, 0.1) is 0 Å². The molecule has 3 heteroatoms. The Hall–Kier alpha value is -0.120. The Bertz CT molecular complexity index is 306. The molecular weight excluding hydrogens is 248 g/mol. The molecular formula is C17H32N2O. The zero-order valence-corrected chi connectivity index (χ0v) is 13.3. The Morgan fingerprint density at radius 1 is 1.00 bits per heavy atom. The molecule has 0 unspecified atom stereocenters. The van der Waals surface area contributed by atoms with Crippen molar-refractivity contribution in [2.24, 2.45) is 0 Å². The van der Waals surface area contributed by atoms with E-state index in [0.29, 0.717) is 11.1 Å². The Morgan fingerprint density at radius 2 is 1.70 bits per heavy atom. The third kappa shape index (κ3) is 2.90. The lowest BCUT2D eigenvalue weighted by Crippen LogP contribution is -2.68. The van der Waals surface area contributed by atoms with Crippen LogP contribution in [-0.2, 0) is 4.74 Å². The molecule has 1 heterocycles. The molecule has 20 heavy (non-hydrogen) atoms. The molecule has 3 fully saturated rings. The van der Waals surface area contributed by atoms with Crippen molar-refractivity contribution in [1.82, 2.24) is 10.2 Å². The molecule has 2 aliphatic carbocycles. The van der Waals surface area contributed by atoms with Gasteiger partial charge < -0.3 is 10.1 Å². The Balaban J connectivity index is 1.62. The van der Waals surface area contributed by atoms with Crippen LogP contribution in [0.2, 0.25) is 0 Å². The molecule has 0 aromatic carbocycles.